The topological polar surface area (TPSA) is 77.3 Å². The molecule has 1 aromatic carbocycles. The first-order valence-corrected chi connectivity index (χ1v) is 7.80. The molecule has 2 rings (SSSR count). The maximum absolute atomic E-state index is 11.1. The van der Waals surface area contributed by atoms with Gasteiger partial charge in [0.05, 0.1) is 4.92 Å². The summed E-state index contributed by atoms with van der Waals surface area (Å²) in [6.45, 7) is 0. The molecule has 8 heteroatoms. The van der Waals surface area contributed by atoms with E-state index in [9.17, 15) is 18.5 Å². The lowest BCUT2D eigenvalue weighted by Gasteiger charge is -1.96. The first kappa shape index (κ1) is 13.0. The Morgan fingerprint density at radius 1 is 1.11 bits per heavy atom. The van der Waals surface area contributed by atoms with Gasteiger partial charge in [0.15, 0.2) is 0 Å². The largest absolute Gasteiger partial charge is 0.270 e. The Hall–Kier alpha value is -1.44. The minimum atomic E-state index is -3.73. The van der Waals surface area contributed by atoms with Crippen molar-refractivity contribution in [3.8, 4) is 10.4 Å². The number of rotatable bonds is 3. The molecule has 0 saturated heterocycles. The number of benzene rings is 1. The van der Waals surface area contributed by atoms with Gasteiger partial charge >= 0.3 is 0 Å². The number of thiophene rings is 1. The van der Waals surface area contributed by atoms with Gasteiger partial charge in [-0.25, -0.2) is 8.42 Å². The number of hydrogen-bond donors (Lipinski definition) is 0. The maximum Gasteiger partial charge on any atom is 0.270 e. The maximum atomic E-state index is 11.1. The Morgan fingerprint density at radius 2 is 1.72 bits per heavy atom. The lowest BCUT2D eigenvalue weighted by molar-refractivity contribution is -0.384. The molecule has 0 aliphatic rings. The summed E-state index contributed by atoms with van der Waals surface area (Å²) in [6, 6.07) is 8.88. The van der Waals surface area contributed by atoms with Crippen LogP contribution in [0.15, 0.2) is 40.6 Å². The second-order valence-corrected chi connectivity index (χ2v) is 7.24. The first-order valence-electron chi connectivity index (χ1n) is 4.67. The highest BCUT2D eigenvalue weighted by atomic mass is 35.7. The van der Waals surface area contributed by atoms with Crippen LogP contribution in [0.25, 0.3) is 10.4 Å². The molecule has 0 aliphatic carbocycles. The second kappa shape index (κ2) is 4.68. The highest BCUT2D eigenvalue weighted by molar-refractivity contribution is 8.15. The third kappa shape index (κ3) is 2.69. The van der Waals surface area contributed by atoms with Gasteiger partial charge < -0.3 is 0 Å². The van der Waals surface area contributed by atoms with Gasteiger partial charge in [-0.1, -0.05) is 0 Å². The molecule has 0 fully saturated rings. The Morgan fingerprint density at radius 3 is 2.17 bits per heavy atom. The molecule has 0 saturated carbocycles. The minimum Gasteiger partial charge on any atom is -0.258 e. The number of nitro benzene ring substituents is 1. The van der Waals surface area contributed by atoms with Gasteiger partial charge in [-0.05, 0) is 29.8 Å². The summed E-state index contributed by atoms with van der Waals surface area (Å²) in [5, 5.41) is 10.5. The summed E-state index contributed by atoms with van der Waals surface area (Å²) in [7, 11) is 1.49. The molecule has 0 bridgehead atoms. The Kier molecular flexibility index (Phi) is 3.38. The van der Waals surface area contributed by atoms with Gasteiger partial charge in [0.25, 0.3) is 14.7 Å². The average molecular weight is 304 g/mol. The van der Waals surface area contributed by atoms with Gasteiger partial charge in [-0.15, -0.1) is 11.3 Å². The quantitative estimate of drug-likeness (QED) is 0.495. The Balaban J connectivity index is 2.38. The zero-order valence-electron chi connectivity index (χ0n) is 8.74. The van der Waals surface area contributed by atoms with Crippen LogP contribution < -0.4 is 0 Å². The molecular formula is C10H6ClNO4S2. The summed E-state index contributed by atoms with van der Waals surface area (Å²) in [5.74, 6) is 0. The predicted molar refractivity (Wildman–Crippen MR) is 69.4 cm³/mol. The SMILES string of the molecule is O=[N+]([O-])c1ccc(-c2ccc(S(=O)(=O)Cl)s2)cc1. The predicted octanol–water partition coefficient (Wildman–Crippen LogP) is 3.25. The molecule has 1 aromatic heterocycles. The molecule has 5 nitrogen and oxygen atoms in total. The third-order valence-corrected chi connectivity index (χ3v) is 5.41. The van der Waals surface area contributed by atoms with Crippen LogP contribution in [-0.2, 0) is 9.05 Å². The van der Waals surface area contributed by atoms with Gasteiger partial charge in [0.1, 0.15) is 4.21 Å². The number of hydrogen-bond acceptors (Lipinski definition) is 5. The zero-order chi connectivity index (χ0) is 13.3. The molecule has 2 aromatic rings. The third-order valence-electron chi connectivity index (χ3n) is 2.18. The van der Waals surface area contributed by atoms with E-state index in [1.165, 1.54) is 18.2 Å². The van der Waals surface area contributed by atoms with E-state index in [4.69, 9.17) is 10.7 Å². The average Bonchev–Trinajstić information content (AvgIpc) is 2.78. The smallest absolute Gasteiger partial charge is 0.258 e. The fourth-order valence-electron chi connectivity index (χ4n) is 1.35. The molecule has 0 amide bonds. The van der Waals surface area contributed by atoms with Crippen molar-refractivity contribution in [2.75, 3.05) is 0 Å². The van der Waals surface area contributed by atoms with E-state index in [-0.39, 0.29) is 9.90 Å². The van der Waals surface area contributed by atoms with Crippen molar-refractivity contribution in [3.63, 3.8) is 0 Å². The van der Waals surface area contributed by atoms with Crippen molar-refractivity contribution >= 4 is 36.8 Å². The molecular weight excluding hydrogens is 298 g/mol. The summed E-state index contributed by atoms with van der Waals surface area (Å²) in [6.07, 6.45) is 0. The Bertz CT molecular complexity index is 691. The highest BCUT2D eigenvalue weighted by Crippen LogP contribution is 2.32. The normalized spacial score (nSPS) is 11.4. The van der Waals surface area contributed by atoms with Gasteiger partial charge in [-0.3, -0.25) is 10.1 Å². The van der Waals surface area contributed by atoms with Crippen molar-refractivity contribution in [2.24, 2.45) is 0 Å². The lowest BCUT2D eigenvalue weighted by Crippen LogP contribution is -1.86. The van der Waals surface area contributed by atoms with Crippen LogP contribution in [0, 0.1) is 10.1 Å². The van der Waals surface area contributed by atoms with Gasteiger partial charge in [0.2, 0.25) is 0 Å². The molecule has 18 heavy (non-hydrogen) atoms. The minimum absolute atomic E-state index is 0.0134. The second-order valence-electron chi connectivity index (χ2n) is 3.36. The van der Waals surface area contributed by atoms with E-state index >= 15 is 0 Å². The summed E-state index contributed by atoms with van der Waals surface area (Å²) >= 11 is 1.02. The summed E-state index contributed by atoms with van der Waals surface area (Å²) < 4.78 is 22.3. The van der Waals surface area contributed by atoms with Crippen LogP contribution in [0.1, 0.15) is 0 Å². The van der Waals surface area contributed by atoms with Crippen molar-refractivity contribution in [1.29, 1.82) is 0 Å². The molecule has 94 valence electrons. The molecule has 0 radical (unpaired) electrons. The van der Waals surface area contributed by atoms with Gasteiger partial charge in [-0.2, -0.15) is 0 Å². The summed E-state index contributed by atoms with van der Waals surface area (Å²) in [5.41, 5.74) is 0.692. The van der Waals surface area contributed by atoms with E-state index in [1.54, 1.807) is 18.2 Å². The molecule has 0 N–H and O–H groups in total. The van der Waals surface area contributed by atoms with E-state index in [0.29, 0.717) is 10.4 Å². The van der Waals surface area contributed by atoms with Crippen molar-refractivity contribution in [2.45, 2.75) is 4.21 Å². The van der Waals surface area contributed by atoms with Crippen LogP contribution in [0.2, 0.25) is 0 Å². The highest BCUT2D eigenvalue weighted by Gasteiger charge is 2.14. The van der Waals surface area contributed by atoms with Crippen LogP contribution in [0.4, 0.5) is 5.69 Å². The number of nitrogens with zero attached hydrogens (tertiary/aromatic N) is 1. The van der Waals surface area contributed by atoms with Crippen molar-refractivity contribution < 1.29 is 13.3 Å². The standard InChI is InChI=1S/C10H6ClNO4S2/c11-18(15,16)10-6-5-9(17-10)7-1-3-8(4-2-7)12(13)14/h1-6H. The van der Waals surface area contributed by atoms with E-state index in [2.05, 4.69) is 0 Å². The molecule has 0 unspecified atom stereocenters. The Labute approximate surface area is 111 Å². The van der Waals surface area contributed by atoms with E-state index in [0.717, 1.165) is 11.3 Å². The first-order chi connectivity index (χ1) is 8.38. The molecule has 0 aliphatic heterocycles. The molecule has 0 atom stereocenters. The zero-order valence-corrected chi connectivity index (χ0v) is 11.1. The summed E-state index contributed by atoms with van der Waals surface area (Å²) in [4.78, 5) is 10.7. The molecule has 1 heterocycles. The fourth-order valence-corrected chi connectivity index (χ4v) is 3.43. The number of nitro groups is 1. The van der Waals surface area contributed by atoms with E-state index < -0.39 is 14.0 Å². The van der Waals surface area contributed by atoms with Crippen LogP contribution >= 0.6 is 22.0 Å². The van der Waals surface area contributed by atoms with Gasteiger partial charge in [0, 0.05) is 27.7 Å². The number of non-ortho nitro benzene ring substituents is 1. The monoisotopic (exact) mass is 303 g/mol. The van der Waals surface area contributed by atoms with Crippen molar-refractivity contribution in [3.05, 3.63) is 46.5 Å². The van der Waals surface area contributed by atoms with Crippen molar-refractivity contribution in [1.82, 2.24) is 0 Å². The van der Waals surface area contributed by atoms with Crippen LogP contribution in [-0.4, -0.2) is 13.3 Å². The fraction of sp³-hybridized carbons (Fsp3) is 0. The van der Waals surface area contributed by atoms with Crippen LogP contribution in [0.5, 0.6) is 0 Å². The lowest BCUT2D eigenvalue weighted by atomic mass is 10.2. The molecule has 0 spiro atoms. The number of halogens is 1. The van der Waals surface area contributed by atoms with E-state index in [1.807, 2.05) is 0 Å². The van der Waals surface area contributed by atoms with Crippen LogP contribution in [0.3, 0.4) is 0 Å².